The number of ether oxygens (including phenoxy) is 1. The fraction of sp³-hybridized carbons (Fsp3) is 0.394. The Morgan fingerprint density at radius 2 is 1.57 bits per heavy atom. The molecule has 0 saturated carbocycles. The van der Waals surface area contributed by atoms with Crippen LogP contribution in [0.2, 0.25) is 0 Å². The van der Waals surface area contributed by atoms with Crippen molar-refractivity contribution in [2.45, 2.75) is 65.1 Å². The van der Waals surface area contributed by atoms with Gasteiger partial charge in [0.2, 0.25) is 21.8 Å². The molecule has 0 bridgehead atoms. The number of sulfonamides is 1. The van der Waals surface area contributed by atoms with Crippen LogP contribution >= 0.6 is 0 Å². The van der Waals surface area contributed by atoms with E-state index in [9.17, 15) is 18.0 Å². The number of hydrogen-bond donors (Lipinski definition) is 1. The van der Waals surface area contributed by atoms with Crippen molar-refractivity contribution in [3.63, 3.8) is 0 Å². The Kier molecular flexibility index (Phi) is 12.0. The minimum Gasteiger partial charge on any atom is -0.497 e. The molecule has 42 heavy (non-hydrogen) atoms. The van der Waals surface area contributed by atoms with E-state index in [1.807, 2.05) is 87.5 Å². The molecule has 0 saturated heterocycles. The highest BCUT2D eigenvalue weighted by Crippen LogP contribution is 2.22. The predicted molar refractivity (Wildman–Crippen MR) is 168 cm³/mol. The molecule has 0 aliphatic carbocycles. The zero-order chi connectivity index (χ0) is 30.7. The second-order valence-corrected chi connectivity index (χ2v) is 12.6. The summed E-state index contributed by atoms with van der Waals surface area (Å²) in [6, 6.07) is 23.6. The summed E-state index contributed by atoms with van der Waals surface area (Å²) in [7, 11) is -1.98. The minimum atomic E-state index is -3.57. The molecule has 0 unspecified atom stereocenters. The molecule has 3 aromatic rings. The third-order valence-electron chi connectivity index (χ3n) is 6.97. The number of hydrogen-bond acceptors (Lipinski definition) is 5. The molecule has 3 aromatic carbocycles. The van der Waals surface area contributed by atoms with Gasteiger partial charge in [-0.25, -0.2) is 8.42 Å². The van der Waals surface area contributed by atoms with E-state index in [0.717, 1.165) is 23.1 Å². The first kappa shape index (κ1) is 32.7. The number of carbonyl (C=O) groups excluding carboxylic acids is 2. The lowest BCUT2D eigenvalue weighted by Crippen LogP contribution is -2.51. The molecule has 0 aliphatic heterocycles. The van der Waals surface area contributed by atoms with Gasteiger partial charge in [-0.15, -0.1) is 0 Å². The van der Waals surface area contributed by atoms with E-state index >= 15 is 0 Å². The molecular formula is C33H43N3O5S. The number of amides is 2. The Balaban J connectivity index is 1.89. The van der Waals surface area contributed by atoms with Gasteiger partial charge in [-0.3, -0.25) is 13.9 Å². The van der Waals surface area contributed by atoms with E-state index < -0.39 is 16.1 Å². The van der Waals surface area contributed by atoms with Crippen molar-refractivity contribution in [1.29, 1.82) is 0 Å². The van der Waals surface area contributed by atoms with Crippen LogP contribution in [-0.4, -0.2) is 57.1 Å². The van der Waals surface area contributed by atoms with Crippen LogP contribution in [0.5, 0.6) is 5.75 Å². The highest BCUT2D eigenvalue weighted by atomic mass is 32.2. The van der Waals surface area contributed by atoms with Gasteiger partial charge in [0.05, 0.1) is 19.1 Å². The van der Waals surface area contributed by atoms with Gasteiger partial charge in [0.25, 0.3) is 0 Å². The van der Waals surface area contributed by atoms with Crippen molar-refractivity contribution in [2.75, 3.05) is 24.2 Å². The Morgan fingerprint density at radius 3 is 2.17 bits per heavy atom. The first-order valence-electron chi connectivity index (χ1n) is 14.3. The van der Waals surface area contributed by atoms with Gasteiger partial charge in [0.1, 0.15) is 11.8 Å². The zero-order valence-corrected chi connectivity index (χ0v) is 26.1. The maximum Gasteiger partial charge on any atom is 0.243 e. The Bertz CT molecular complexity index is 1410. The minimum absolute atomic E-state index is 0.0727. The van der Waals surface area contributed by atoms with E-state index in [0.29, 0.717) is 24.3 Å². The highest BCUT2D eigenvalue weighted by Gasteiger charge is 2.31. The highest BCUT2D eigenvalue weighted by molar-refractivity contribution is 7.92. The summed E-state index contributed by atoms with van der Waals surface area (Å²) >= 11 is 0. The number of nitrogens with zero attached hydrogens (tertiary/aromatic N) is 2. The van der Waals surface area contributed by atoms with Crippen LogP contribution in [0, 0.1) is 0 Å². The second kappa shape index (κ2) is 15.4. The quantitative estimate of drug-likeness (QED) is 0.269. The summed E-state index contributed by atoms with van der Waals surface area (Å²) in [5.41, 5.74) is 3.43. The molecule has 0 spiro atoms. The Morgan fingerprint density at radius 1 is 0.905 bits per heavy atom. The van der Waals surface area contributed by atoms with Gasteiger partial charge in [0.15, 0.2) is 0 Å². The maximum atomic E-state index is 13.9. The standard InChI is InChI=1S/C33H43N3O5S/c1-6-26-17-19-29(20-18-26)36(42(5,39)40)21-11-16-32(37)35(24-28-14-10-15-30(22-28)41-4)31(33(38)34-25(2)3)23-27-12-8-7-9-13-27/h7-10,12-15,17-20,22,25,31H,6,11,16,21,23-24H2,1-5H3,(H,34,38)/t31-/m0/s1. The molecule has 8 nitrogen and oxygen atoms in total. The molecule has 1 N–H and O–H groups in total. The van der Waals surface area contributed by atoms with Crippen LogP contribution in [0.1, 0.15) is 50.3 Å². The largest absolute Gasteiger partial charge is 0.497 e. The molecule has 0 aromatic heterocycles. The van der Waals surface area contributed by atoms with E-state index in [2.05, 4.69) is 5.32 Å². The maximum absolute atomic E-state index is 13.9. The SMILES string of the molecule is CCc1ccc(N(CCCC(=O)N(Cc2cccc(OC)c2)[C@@H](Cc2ccccc2)C(=O)NC(C)C)S(C)(=O)=O)cc1. The average Bonchev–Trinajstić information content (AvgIpc) is 2.96. The molecule has 0 radical (unpaired) electrons. The molecule has 0 fully saturated rings. The zero-order valence-electron chi connectivity index (χ0n) is 25.2. The summed E-state index contributed by atoms with van der Waals surface area (Å²) in [4.78, 5) is 29.1. The molecular weight excluding hydrogens is 550 g/mol. The lowest BCUT2D eigenvalue weighted by atomic mass is 10.0. The number of methoxy groups -OCH3 is 1. The number of benzene rings is 3. The molecule has 3 rings (SSSR count). The predicted octanol–water partition coefficient (Wildman–Crippen LogP) is 4.97. The van der Waals surface area contributed by atoms with E-state index in [1.165, 1.54) is 10.6 Å². The number of anilines is 1. The summed E-state index contributed by atoms with van der Waals surface area (Å²) in [5.74, 6) is 0.190. The Labute approximate surface area is 250 Å². The number of nitrogens with one attached hydrogen (secondary N) is 1. The van der Waals surface area contributed by atoms with Gasteiger partial charge < -0.3 is 15.0 Å². The van der Waals surface area contributed by atoms with Crippen molar-refractivity contribution in [1.82, 2.24) is 10.2 Å². The summed E-state index contributed by atoms with van der Waals surface area (Å²) < 4.78 is 32.1. The molecule has 2 amide bonds. The summed E-state index contributed by atoms with van der Waals surface area (Å²) in [6.07, 6.45) is 2.73. The van der Waals surface area contributed by atoms with E-state index in [1.54, 1.807) is 24.1 Å². The summed E-state index contributed by atoms with van der Waals surface area (Å²) in [5, 5.41) is 2.99. The van der Waals surface area contributed by atoms with Crippen molar-refractivity contribution >= 4 is 27.5 Å². The van der Waals surface area contributed by atoms with Crippen molar-refractivity contribution in [3.8, 4) is 5.75 Å². The lowest BCUT2D eigenvalue weighted by molar-refractivity contribution is -0.141. The van der Waals surface area contributed by atoms with Crippen LogP contribution in [-0.2, 0) is 39.0 Å². The second-order valence-electron chi connectivity index (χ2n) is 10.7. The molecule has 226 valence electrons. The third kappa shape index (κ3) is 9.62. The molecule has 9 heteroatoms. The lowest BCUT2D eigenvalue weighted by Gasteiger charge is -2.32. The number of aryl methyl sites for hydroxylation is 1. The van der Waals surface area contributed by atoms with E-state index in [4.69, 9.17) is 4.74 Å². The fourth-order valence-electron chi connectivity index (χ4n) is 4.80. The first-order valence-corrected chi connectivity index (χ1v) is 16.2. The van der Waals surface area contributed by atoms with E-state index in [-0.39, 0.29) is 37.4 Å². The molecule has 0 aliphatic rings. The average molecular weight is 594 g/mol. The van der Waals surface area contributed by atoms with Crippen molar-refractivity contribution in [3.05, 3.63) is 95.6 Å². The molecule has 1 atom stereocenters. The van der Waals surface area contributed by atoms with Crippen LogP contribution in [0.4, 0.5) is 5.69 Å². The first-order chi connectivity index (χ1) is 20.0. The third-order valence-corrected chi connectivity index (χ3v) is 8.17. The van der Waals surface area contributed by atoms with Gasteiger partial charge in [0, 0.05) is 32.0 Å². The van der Waals surface area contributed by atoms with Crippen LogP contribution in [0.15, 0.2) is 78.9 Å². The monoisotopic (exact) mass is 593 g/mol. The fourth-order valence-corrected chi connectivity index (χ4v) is 5.77. The van der Waals surface area contributed by atoms with Crippen LogP contribution in [0.25, 0.3) is 0 Å². The van der Waals surface area contributed by atoms with Crippen molar-refractivity contribution < 1.29 is 22.7 Å². The Hall–Kier alpha value is -3.85. The summed E-state index contributed by atoms with van der Waals surface area (Å²) in [6.45, 7) is 6.16. The van der Waals surface area contributed by atoms with Crippen LogP contribution < -0.4 is 14.4 Å². The topological polar surface area (TPSA) is 96.0 Å². The van der Waals surface area contributed by atoms with Crippen molar-refractivity contribution in [2.24, 2.45) is 0 Å². The normalized spacial score (nSPS) is 12.0. The number of rotatable bonds is 15. The van der Waals surface area contributed by atoms with Gasteiger partial charge in [-0.05, 0) is 67.6 Å². The van der Waals surface area contributed by atoms with Crippen LogP contribution in [0.3, 0.4) is 0 Å². The smallest absolute Gasteiger partial charge is 0.243 e. The molecule has 0 heterocycles. The van der Waals surface area contributed by atoms with Gasteiger partial charge >= 0.3 is 0 Å². The number of carbonyl (C=O) groups is 2. The van der Waals surface area contributed by atoms with Gasteiger partial charge in [-0.2, -0.15) is 0 Å². The van der Waals surface area contributed by atoms with Gasteiger partial charge in [-0.1, -0.05) is 61.5 Å².